The number of likely N-dealkylation sites (tertiary alicyclic amines) is 1. The molecule has 1 aromatic rings. The van der Waals surface area contributed by atoms with Crippen molar-refractivity contribution in [3.8, 4) is 0 Å². The third-order valence-electron chi connectivity index (χ3n) is 3.63. The molecule has 0 aliphatic carbocycles. The van der Waals surface area contributed by atoms with Crippen molar-refractivity contribution >= 4 is 11.9 Å². The summed E-state index contributed by atoms with van der Waals surface area (Å²) in [6, 6.07) is 1.88. The average Bonchev–Trinajstić information content (AvgIpc) is 2.54. The lowest BCUT2D eigenvalue weighted by Crippen LogP contribution is -2.42. The van der Waals surface area contributed by atoms with Gasteiger partial charge in [0, 0.05) is 19.3 Å². The highest BCUT2D eigenvalue weighted by Crippen LogP contribution is 2.27. The average molecular weight is 330 g/mol. The summed E-state index contributed by atoms with van der Waals surface area (Å²) in [6.07, 6.45) is -2.35. The Hall–Kier alpha value is -2.12. The van der Waals surface area contributed by atoms with Crippen molar-refractivity contribution in [2.45, 2.75) is 25.9 Å². The van der Waals surface area contributed by atoms with Crippen LogP contribution in [0.25, 0.3) is 0 Å². The maximum Gasteiger partial charge on any atom is 0.433 e. The normalized spacial score (nSPS) is 18.6. The first-order chi connectivity index (χ1) is 10.8. The number of alkyl halides is 3. The van der Waals surface area contributed by atoms with Crippen molar-refractivity contribution in [2.24, 2.45) is 5.92 Å². The Morgan fingerprint density at radius 3 is 2.70 bits per heavy atom. The Bertz CT molecular complexity index is 572. The van der Waals surface area contributed by atoms with Gasteiger partial charge in [0.1, 0.15) is 5.69 Å². The minimum Gasteiger partial charge on any atom is -0.466 e. The summed E-state index contributed by atoms with van der Waals surface area (Å²) < 4.78 is 42.4. The molecule has 8 heteroatoms. The summed E-state index contributed by atoms with van der Waals surface area (Å²) in [6.45, 7) is 2.64. The van der Waals surface area contributed by atoms with E-state index in [1.807, 2.05) is 0 Å². The van der Waals surface area contributed by atoms with Crippen LogP contribution in [0.5, 0.6) is 0 Å². The first-order valence-corrected chi connectivity index (χ1v) is 7.32. The number of hydrogen-bond acceptors (Lipinski definition) is 4. The maximum absolute atomic E-state index is 12.5. The number of piperidine rings is 1. The minimum absolute atomic E-state index is 0.0718. The Morgan fingerprint density at radius 2 is 2.13 bits per heavy atom. The molecule has 23 heavy (non-hydrogen) atoms. The summed E-state index contributed by atoms with van der Waals surface area (Å²) in [5, 5.41) is 0. The number of hydrogen-bond donors (Lipinski definition) is 0. The largest absolute Gasteiger partial charge is 0.466 e. The molecule has 2 rings (SSSR count). The molecule has 1 aliphatic rings. The molecule has 1 unspecified atom stereocenters. The van der Waals surface area contributed by atoms with Gasteiger partial charge in [-0.15, -0.1) is 0 Å². The van der Waals surface area contributed by atoms with Crippen LogP contribution in [0.2, 0.25) is 0 Å². The summed E-state index contributed by atoms with van der Waals surface area (Å²) in [5.41, 5.74) is -0.973. The Balaban J connectivity index is 2.06. The van der Waals surface area contributed by atoms with Crippen molar-refractivity contribution in [1.29, 1.82) is 0 Å². The van der Waals surface area contributed by atoms with E-state index < -0.39 is 23.7 Å². The van der Waals surface area contributed by atoms with E-state index >= 15 is 0 Å². The number of pyridine rings is 1. The molecule has 1 amide bonds. The van der Waals surface area contributed by atoms with Crippen molar-refractivity contribution in [3.05, 3.63) is 29.6 Å². The van der Waals surface area contributed by atoms with Crippen LogP contribution in [-0.4, -0.2) is 41.5 Å². The number of halogens is 3. The fourth-order valence-electron chi connectivity index (χ4n) is 2.48. The molecule has 0 N–H and O–H groups in total. The fourth-order valence-corrected chi connectivity index (χ4v) is 2.48. The lowest BCUT2D eigenvalue weighted by molar-refractivity contribution is -0.149. The van der Waals surface area contributed by atoms with Gasteiger partial charge in [-0.2, -0.15) is 13.2 Å². The highest BCUT2D eigenvalue weighted by Gasteiger charge is 2.33. The van der Waals surface area contributed by atoms with E-state index in [2.05, 4.69) is 4.98 Å². The molecule has 5 nitrogen and oxygen atoms in total. The van der Waals surface area contributed by atoms with Crippen LogP contribution in [0.4, 0.5) is 13.2 Å². The predicted octanol–water partition coefficient (Wildman–Crippen LogP) is 2.52. The first kappa shape index (κ1) is 17.2. The van der Waals surface area contributed by atoms with Gasteiger partial charge in [0.05, 0.1) is 18.1 Å². The standard InChI is InChI=1S/C15H17F3N2O3/c1-2-23-14(22)11-4-3-7-20(9-11)13(21)10-5-6-12(19-8-10)15(16,17)18/h5-6,8,11H,2-4,7,9H2,1H3. The number of ether oxygens (including phenoxy) is 1. The molecule has 0 spiro atoms. The molecular formula is C15H17F3N2O3. The molecule has 1 atom stereocenters. The van der Waals surface area contributed by atoms with E-state index in [1.54, 1.807) is 6.92 Å². The molecule has 126 valence electrons. The first-order valence-electron chi connectivity index (χ1n) is 7.32. The molecule has 1 saturated heterocycles. The van der Waals surface area contributed by atoms with E-state index in [0.29, 0.717) is 19.4 Å². The second kappa shape index (κ2) is 6.97. The molecule has 0 radical (unpaired) electrons. The summed E-state index contributed by atoms with van der Waals surface area (Å²) in [4.78, 5) is 28.8. The van der Waals surface area contributed by atoms with Gasteiger partial charge in [-0.3, -0.25) is 14.6 Å². The number of carbonyl (C=O) groups is 2. The second-order valence-corrected chi connectivity index (χ2v) is 5.27. The van der Waals surface area contributed by atoms with Crippen molar-refractivity contribution in [3.63, 3.8) is 0 Å². The van der Waals surface area contributed by atoms with Crippen LogP contribution >= 0.6 is 0 Å². The molecule has 1 fully saturated rings. The van der Waals surface area contributed by atoms with Gasteiger partial charge in [-0.1, -0.05) is 0 Å². The zero-order chi connectivity index (χ0) is 17.0. The molecule has 0 saturated carbocycles. The van der Waals surface area contributed by atoms with Crippen LogP contribution < -0.4 is 0 Å². The fraction of sp³-hybridized carbons (Fsp3) is 0.533. The zero-order valence-corrected chi connectivity index (χ0v) is 12.6. The molecular weight excluding hydrogens is 313 g/mol. The molecule has 0 bridgehead atoms. The van der Waals surface area contributed by atoms with Crippen molar-refractivity contribution in [1.82, 2.24) is 9.88 Å². The van der Waals surface area contributed by atoms with Crippen molar-refractivity contribution < 1.29 is 27.5 Å². The molecule has 0 aromatic carbocycles. The molecule has 1 aromatic heterocycles. The van der Waals surface area contributed by atoms with Crippen LogP contribution in [0.15, 0.2) is 18.3 Å². The highest BCUT2D eigenvalue weighted by molar-refractivity contribution is 5.94. The number of carbonyl (C=O) groups excluding carboxylic acids is 2. The second-order valence-electron chi connectivity index (χ2n) is 5.27. The lowest BCUT2D eigenvalue weighted by atomic mass is 9.97. The summed E-state index contributed by atoms with van der Waals surface area (Å²) in [5.74, 6) is -1.18. The summed E-state index contributed by atoms with van der Waals surface area (Å²) in [7, 11) is 0. The van der Waals surface area contributed by atoms with Crippen molar-refractivity contribution in [2.75, 3.05) is 19.7 Å². The number of nitrogens with zero attached hydrogens (tertiary/aromatic N) is 2. The lowest BCUT2D eigenvalue weighted by Gasteiger charge is -2.31. The predicted molar refractivity (Wildman–Crippen MR) is 74.5 cm³/mol. The van der Waals surface area contributed by atoms with Gasteiger partial charge < -0.3 is 9.64 Å². The van der Waals surface area contributed by atoms with E-state index in [1.165, 1.54) is 4.90 Å². The SMILES string of the molecule is CCOC(=O)C1CCCN(C(=O)c2ccc(C(F)(F)F)nc2)C1. The Morgan fingerprint density at radius 1 is 1.39 bits per heavy atom. The Labute approximate surface area is 131 Å². The van der Waals surface area contributed by atoms with Gasteiger partial charge in [0.25, 0.3) is 5.91 Å². The quantitative estimate of drug-likeness (QED) is 0.799. The molecule has 2 heterocycles. The topological polar surface area (TPSA) is 59.5 Å². The van der Waals surface area contributed by atoms with Crippen LogP contribution in [0.1, 0.15) is 35.8 Å². The smallest absolute Gasteiger partial charge is 0.433 e. The van der Waals surface area contributed by atoms with Crippen LogP contribution in [0, 0.1) is 5.92 Å². The van der Waals surface area contributed by atoms with Gasteiger partial charge in [-0.05, 0) is 31.9 Å². The monoisotopic (exact) mass is 330 g/mol. The maximum atomic E-state index is 12.5. The summed E-state index contributed by atoms with van der Waals surface area (Å²) >= 11 is 0. The highest BCUT2D eigenvalue weighted by atomic mass is 19.4. The van der Waals surface area contributed by atoms with E-state index in [4.69, 9.17) is 4.74 Å². The third kappa shape index (κ3) is 4.20. The zero-order valence-electron chi connectivity index (χ0n) is 12.6. The third-order valence-corrected chi connectivity index (χ3v) is 3.63. The van der Waals surface area contributed by atoms with Crippen LogP contribution in [-0.2, 0) is 15.7 Å². The van der Waals surface area contributed by atoms with Gasteiger partial charge in [0.2, 0.25) is 0 Å². The van der Waals surface area contributed by atoms with Crippen LogP contribution in [0.3, 0.4) is 0 Å². The van der Waals surface area contributed by atoms with Gasteiger partial charge in [0.15, 0.2) is 0 Å². The Kier molecular flexibility index (Phi) is 5.23. The number of aromatic nitrogens is 1. The van der Waals surface area contributed by atoms with E-state index in [-0.39, 0.29) is 24.7 Å². The minimum atomic E-state index is -4.54. The number of amides is 1. The molecule has 1 aliphatic heterocycles. The number of esters is 1. The number of rotatable bonds is 3. The van der Waals surface area contributed by atoms with E-state index in [0.717, 1.165) is 18.3 Å². The van der Waals surface area contributed by atoms with Gasteiger partial charge >= 0.3 is 12.1 Å². The van der Waals surface area contributed by atoms with Gasteiger partial charge in [-0.25, -0.2) is 0 Å². The van der Waals surface area contributed by atoms with E-state index in [9.17, 15) is 22.8 Å².